The van der Waals surface area contributed by atoms with Gasteiger partial charge in [-0.15, -0.1) is 12.4 Å². The molecule has 1 unspecified atom stereocenters. The van der Waals surface area contributed by atoms with Gasteiger partial charge in [-0.2, -0.15) is 0 Å². The summed E-state index contributed by atoms with van der Waals surface area (Å²) in [7, 11) is -3.36. The summed E-state index contributed by atoms with van der Waals surface area (Å²) in [5.41, 5.74) is 2.61. The van der Waals surface area contributed by atoms with Crippen molar-refractivity contribution < 1.29 is 17.9 Å². The van der Waals surface area contributed by atoms with Gasteiger partial charge in [-0.05, 0) is 41.7 Å². The minimum absolute atomic E-state index is 0. The van der Waals surface area contributed by atoms with Gasteiger partial charge in [0.1, 0.15) is 6.04 Å². The summed E-state index contributed by atoms with van der Waals surface area (Å²) in [6, 6.07) is 24.6. The summed E-state index contributed by atoms with van der Waals surface area (Å²) in [5, 5.41) is 4.29. The van der Waals surface area contributed by atoms with Crippen LogP contribution < -0.4 is 10.0 Å². The zero-order chi connectivity index (χ0) is 28.6. The van der Waals surface area contributed by atoms with E-state index in [1.165, 1.54) is 6.26 Å². The highest BCUT2D eigenvalue weighted by atomic mass is 35.5. The maximum Gasteiger partial charge on any atom is 0.242 e. The Morgan fingerprint density at radius 2 is 1.59 bits per heavy atom. The van der Waals surface area contributed by atoms with Crippen LogP contribution in [0.4, 0.5) is 0 Å². The van der Waals surface area contributed by atoms with E-state index in [4.69, 9.17) is 27.9 Å². The van der Waals surface area contributed by atoms with Crippen molar-refractivity contribution >= 4 is 51.5 Å². The molecule has 0 spiro atoms. The van der Waals surface area contributed by atoms with E-state index in [1.54, 1.807) is 12.1 Å². The molecule has 0 saturated carbocycles. The summed E-state index contributed by atoms with van der Waals surface area (Å²) in [5.74, 6) is -0.0501. The van der Waals surface area contributed by atoms with Crippen molar-refractivity contribution in [1.82, 2.24) is 14.9 Å². The normalized spacial score (nSPS) is 15.6. The van der Waals surface area contributed by atoms with Gasteiger partial charge in [-0.25, -0.2) is 13.1 Å². The molecule has 0 bridgehead atoms. The largest absolute Gasteiger partial charge is 0.375 e. The molecule has 4 rings (SSSR count). The lowest BCUT2D eigenvalue weighted by Gasteiger charge is -2.43. The lowest BCUT2D eigenvalue weighted by atomic mass is 9.73. The maximum absolute atomic E-state index is 13.8. The number of nitrogens with one attached hydrogen (secondary N) is 2. The number of amides is 1. The number of halogens is 3. The third-order valence-corrected chi connectivity index (χ3v) is 8.73. The number of hydrogen-bond acceptors (Lipinski definition) is 5. The number of carbonyl (C=O) groups excluding carboxylic acids is 1. The van der Waals surface area contributed by atoms with Gasteiger partial charge in [0.15, 0.2) is 0 Å². The number of piperidine rings is 1. The molecule has 1 heterocycles. The number of hydrogen-bond donors (Lipinski definition) is 2. The van der Waals surface area contributed by atoms with Crippen LogP contribution in [0.15, 0.2) is 78.9 Å². The first-order valence-corrected chi connectivity index (χ1v) is 15.9. The van der Waals surface area contributed by atoms with Crippen LogP contribution in [0, 0.1) is 0 Å². The van der Waals surface area contributed by atoms with Gasteiger partial charge in [-0.3, -0.25) is 10.1 Å². The maximum atomic E-state index is 13.8. The summed E-state index contributed by atoms with van der Waals surface area (Å²) >= 11 is 12.3. The second-order valence-electron chi connectivity index (χ2n) is 10.2. The average Bonchev–Trinajstić information content (AvgIpc) is 2.96. The van der Waals surface area contributed by atoms with Crippen LogP contribution in [0.25, 0.3) is 0 Å². The molecule has 1 amide bonds. The van der Waals surface area contributed by atoms with E-state index in [2.05, 4.69) is 10.0 Å². The molecule has 3 aromatic rings. The Morgan fingerprint density at radius 3 is 2.20 bits per heavy atom. The van der Waals surface area contributed by atoms with Crippen molar-refractivity contribution in [2.24, 2.45) is 0 Å². The number of ether oxygens (including phenoxy) is 1. The number of nitrogens with zero attached hydrogens (tertiary/aromatic N) is 1. The average molecular weight is 641 g/mol. The monoisotopic (exact) mass is 639 g/mol. The van der Waals surface area contributed by atoms with Gasteiger partial charge < -0.3 is 9.64 Å². The highest BCUT2D eigenvalue weighted by Gasteiger charge is 2.39. The van der Waals surface area contributed by atoms with E-state index in [1.807, 2.05) is 71.6 Å². The molecule has 1 saturated heterocycles. The molecule has 7 nitrogen and oxygen atoms in total. The van der Waals surface area contributed by atoms with E-state index >= 15 is 0 Å². The SMILES string of the molecule is CS(=O)(=O)NCC1(c2ccccc2)CCN(C(=O)C(COCc2ccccc2)NCc2ccc(Cl)c(Cl)c2)CC1.Cl. The molecule has 0 radical (unpaired) electrons. The summed E-state index contributed by atoms with van der Waals surface area (Å²) < 4.78 is 32.5. The van der Waals surface area contributed by atoms with Crippen LogP contribution in [0.3, 0.4) is 0 Å². The van der Waals surface area contributed by atoms with Gasteiger partial charge >= 0.3 is 0 Å². The van der Waals surface area contributed by atoms with Crippen LogP contribution in [0.5, 0.6) is 0 Å². The Balaban J connectivity index is 0.00000462. The molecule has 3 aromatic carbocycles. The molecular formula is C30H36Cl3N3O4S. The molecular weight excluding hydrogens is 605 g/mol. The van der Waals surface area contributed by atoms with E-state index < -0.39 is 21.5 Å². The molecule has 41 heavy (non-hydrogen) atoms. The quantitative estimate of drug-likeness (QED) is 0.284. The fourth-order valence-electron chi connectivity index (χ4n) is 4.98. The number of likely N-dealkylation sites (tertiary alicyclic amines) is 1. The fourth-order valence-corrected chi connectivity index (χ4v) is 5.84. The molecule has 2 N–H and O–H groups in total. The van der Waals surface area contributed by atoms with Crippen molar-refractivity contribution in [2.75, 3.05) is 32.5 Å². The first-order chi connectivity index (χ1) is 19.2. The molecule has 0 aliphatic carbocycles. The Kier molecular flexibility index (Phi) is 12.5. The Bertz CT molecular complexity index is 1370. The second-order valence-corrected chi connectivity index (χ2v) is 12.9. The molecule has 1 aliphatic heterocycles. The predicted octanol–water partition coefficient (Wildman–Crippen LogP) is 5.20. The second kappa shape index (κ2) is 15.3. The molecule has 1 fully saturated rings. The lowest BCUT2D eigenvalue weighted by Crippen LogP contribution is -2.55. The minimum Gasteiger partial charge on any atom is -0.375 e. The van der Waals surface area contributed by atoms with Crippen LogP contribution in [0.1, 0.15) is 29.5 Å². The van der Waals surface area contributed by atoms with Gasteiger partial charge in [0.25, 0.3) is 0 Å². The summed E-state index contributed by atoms with van der Waals surface area (Å²) in [4.78, 5) is 15.6. The summed E-state index contributed by atoms with van der Waals surface area (Å²) in [6.07, 6.45) is 2.44. The van der Waals surface area contributed by atoms with Crippen molar-refractivity contribution in [1.29, 1.82) is 0 Å². The highest BCUT2D eigenvalue weighted by Crippen LogP contribution is 2.35. The van der Waals surface area contributed by atoms with Crippen LogP contribution in [-0.4, -0.2) is 57.8 Å². The van der Waals surface area contributed by atoms with Crippen LogP contribution in [0.2, 0.25) is 10.0 Å². The van der Waals surface area contributed by atoms with E-state index in [-0.39, 0.29) is 31.5 Å². The fraction of sp³-hybridized carbons (Fsp3) is 0.367. The zero-order valence-electron chi connectivity index (χ0n) is 22.9. The third kappa shape index (κ3) is 9.68. The highest BCUT2D eigenvalue weighted by molar-refractivity contribution is 7.88. The number of sulfonamides is 1. The molecule has 1 atom stereocenters. The van der Waals surface area contributed by atoms with Gasteiger partial charge in [0.05, 0.1) is 29.5 Å². The van der Waals surface area contributed by atoms with Crippen molar-refractivity contribution in [3.8, 4) is 0 Å². The van der Waals surface area contributed by atoms with Crippen molar-refractivity contribution in [3.05, 3.63) is 106 Å². The Hall–Kier alpha value is -2.17. The number of carbonyl (C=O) groups is 1. The minimum atomic E-state index is -3.36. The number of rotatable bonds is 12. The predicted molar refractivity (Wildman–Crippen MR) is 167 cm³/mol. The van der Waals surface area contributed by atoms with E-state index in [0.29, 0.717) is 49.1 Å². The van der Waals surface area contributed by atoms with Crippen LogP contribution >= 0.6 is 35.6 Å². The standard InChI is InChI=1S/C30H35Cl2N3O4S.ClH/c1-40(37,38)34-22-30(25-10-6-3-7-11-25)14-16-35(17-15-30)29(36)28(21-39-20-23-8-4-2-5-9-23)33-19-24-12-13-26(31)27(32)18-24;/h2-13,18,28,33-34H,14-17,19-22H2,1H3;1H. The smallest absolute Gasteiger partial charge is 0.242 e. The van der Waals surface area contributed by atoms with Crippen molar-refractivity contribution in [3.63, 3.8) is 0 Å². The molecule has 11 heteroatoms. The van der Waals surface area contributed by atoms with Crippen molar-refractivity contribution in [2.45, 2.75) is 37.5 Å². The van der Waals surface area contributed by atoms with Gasteiger partial charge in [0, 0.05) is 31.6 Å². The third-order valence-electron chi connectivity index (χ3n) is 7.32. The molecule has 222 valence electrons. The zero-order valence-corrected chi connectivity index (χ0v) is 26.0. The Labute approximate surface area is 259 Å². The lowest BCUT2D eigenvalue weighted by molar-refractivity contribution is -0.137. The van der Waals surface area contributed by atoms with Gasteiger partial charge in [0.2, 0.25) is 15.9 Å². The van der Waals surface area contributed by atoms with E-state index in [0.717, 1.165) is 16.7 Å². The number of benzene rings is 3. The van der Waals surface area contributed by atoms with E-state index in [9.17, 15) is 13.2 Å². The van der Waals surface area contributed by atoms with Crippen LogP contribution in [-0.2, 0) is 38.1 Å². The Morgan fingerprint density at radius 1 is 0.951 bits per heavy atom. The van der Waals surface area contributed by atoms with Gasteiger partial charge in [-0.1, -0.05) is 89.9 Å². The molecule has 0 aromatic heterocycles. The first kappa shape index (κ1) is 33.3. The summed E-state index contributed by atoms with van der Waals surface area (Å²) in [6.45, 7) is 2.31. The first-order valence-electron chi connectivity index (χ1n) is 13.2. The molecule has 1 aliphatic rings. The topological polar surface area (TPSA) is 87.7 Å².